The van der Waals surface area contributed by atoms with Gasteiger partial charge in [0.25, 0.3) is 5.91 Å². The van der Waals surface area contributed by atoms with Crippen molar-refractivity contribution in [2.75, 3.05) is 6.61 Å². The summed E-state index contributed by atoms with van der Waals surface area (Å²) in [7, 11) is 0. The second-order valence-corrected chi connectivity index (χ2v) is 5.93. The molecule has 142 valence electrons. The average Bonchev–Trinajstić information content (AvgIpc) is 3.26. The maximum absolute atomic E-state index is 12.0. The topological polar surface area (TPSA) is 89.4 Å². The number of hydrogen-bond acceptors (Lipinski definition) is 4. The zero-order valence-electron chi connectivity index (χ0n) is 15.0. The molecule has 0 aliphatic carbocycles. The Bertz CT molecular complexity index is 936. The molecule has 3 rings (SSSR count). The van der Waals surface area contributed by atoms with Crippen molar-refractivity contribution in [1.29, 1.82) is 0 Å². The molecule has 7 heteroatoms. The molecule has 0 aliphatic rings. The highest BCUT2D eigenvalue weighted by atomic mass is 16.5. The molecule has 0 bridgehead atoms. The van der Waals surface area contributed by atoms with Crippen LogP contribution in [0.15, 0.2) is 79.1 Å². The Balaban J connectivity index is 1.42. The van der Waals surface area contributed by atoms with Crippen LogP contribution in [0, 0.1) is 0 Å². The van der Waals surface area contributed by atoms with Crippen molar-refractivity contribution in [2.45, 2.75) is 6.54 Å². The highest BCUT2D eigenvalue weighted by molar-refractivity contribution is 5.97. The monoisotopic (exact) mass is 377 g/mol. The number of nitrogens with one attached hydrogen (secondary N) is 2. The van der Waals surface area contributed by atoms with E-state index in [4.69, 9.17) is 4.74 Å². The minimum absolute atomic E-state index is 0.285. The van der Waals surface area contributed by atoms with Crippen LogP contribution in [0.4, 0.5) is 4.79 Å². The molecule has 0 aliphatic heterocycles. The van der Waals surface area contributed by atoms with Crippen LogP contribution in [0.3, 0.4) is 0 Å². The Morgan fingerprint density at radius 1 is 0.857 bits per heavy atom. The number of hydrogen-bond donors (Lipinski definition) is 2. The van der Waals surface area contributed by atoms with Crippen molar-refractivity contribution >= 4 is 17.9 Å². The second-order valence-electron chi connectivity index (χ2n) is 5.93. The highest BCUT2D eigenvalue weighted by Crippen LogP contribution is 2.10. The minimum atomic E-state index is -0.706. The van der Waals surface area contributed by atoms with E-state index in [2.05, 4.69) is 10.6 Å². The zero-order chi connectivity index (χ0) is 19.8. The molecule has 0 saturated carbocycles. The Hall–Kier alpha value is -3.87. The van der Waals surface area contributed by atoms with Crippen LogP contribution in [-0.4, -0.2) is 29.1 Å². The summed E-state index contributed by atoms with van der Waals surface area (Å²) in [6.45, 7) is -0.259. The maximum Gasteiger partial charge on any atom is 0.338 e. The fraction of sp³-hybridized carbons (Fsp3) is 0.0952. The standard InChI is InChI=1S/C21H19N3O4/c25-19(23-21(27)22-14-16-6-2-1-3-7-16)15-28-20(26)17-8-10-18(11-9-17)24-12-4-5-13-24/h1-13H,14-15H2,(H2,22,23,25,27). The van der Waals surface area contributed by atoms with Gasteiger partial charge >= 0.3 is 12.0 Å². The number of benzene rings is 2. The molecule has 1 aromatic heterocycles. The third-order valence-corrected chi connectivity index (χ3v) is 3.89. The van der Waals surface area contributed by atoms with E-state index in [0.717, 1.165) is 11.3 Å². The van der Waals surface area contributed by atoms with Gasteiger partial charge in [0.1, 0.15) is 0 Å². The first kappa shape index (κ1) is 18.9. The molecule has 0 fully saturated rings. The third kappa shape index (κ3) is 5.31. The van der Waals surface area contributed by atoms with Crippen LogP contribution in [-0.2, 0) is 16.1 Å². The van der Waals surface area contributed by atoms with Gasteiger partial charge in [0, 0.05) is 24.6 Å². The summed E-state index contributed by atoms with van der Waals surface area (Å²) in [5.74, 6) is -1.35. The van der Waals surface area contributed by atoms with Crippen LogP contribution in [0.25, 0.3) is 5.69 Å². The van der Waals surface area contributed by atoms with Gasteiger partial charge in [-0.15, -0.1) is 0 Å². The molecular formula is C21H19N3O4. The average molecular weight is 377 g/mol. The SMILES string of the molecule is O=C(COC(=O)c1ccc(-n2cccc2)cc1)NC(=O)NCc1ccccc1. The summed E-state index contributed by atoms with van der Waals surface area (Å²) in [5.41, 5.74) is 2.12. The minimum Gasteiger partial charge on any atom is -0.452 e. The van der Waals surface area contributed by atoms with Crippen molar-refractivity contribution in [3.05, 3.63) is 90.3 Å². The molecule has 7 nitrogen and oxygen atoms in total. The Morgan fingerprint density at radius 2 is 1.54 bits per heavy atom. The zero-order valence-corrected chi connectivity index (χ0v) is 15.0. The summed E-state index contributed by atoms with van der Waals surface area (Å²) in [4.78, 5) is 35.5. The molecule has 3 amide bonds. The van der Waals surface area contributed by atoms with Crippen molar-refractivity contribution in [1.82, 2.24) is 15.2 Å². The van der Waals surface area contributed by atoms with Crippen LogP contribution in [0.5, 0.6) is 0 Å². The molecule has 0 saturated heterocycles. The Morgan fingerprint density at radius 3 is 2.21 bits per heavy atom. The van der Waals surface area contributed by atoms with Crippen LogP contribution in [0.1, 0.15) is 15.9 Å². The lowest BCUT2D eigenvalue weighted by atomic mass is 10.2. The van der Waals surface area contributed by atoms with Gasteiger partial charge in [0.15, 0.2) is 6.61 Å². The number of carbonyl (C=O) groups excluding carboxylic acids is 3. The number of esters is 1. The number of nitrogens with zero attached hydrogens (tertiary/aromatic N) is 1. The number of ether oxygens (including phenoxy) is 1. The fourth-order valence-corrected chi connectivity index (χ4v) is 2.48. The van der Waals surface area contributed by atoms with E-state index >= 15 is 0 Å². The van der Waals surface area contributed by atoms with Crippen molar-refractivity contribution in [3.8, 4) is 5.69 Å². The molecule has 0 spiro atoms. The lowest BCUT2D eigenvalue weighted by Gasteiger charge is -2.08. The third-order valence-electron chi connectivity index (χ3n) is 3.89. The van der Waals surface area contributed by atoms with E-state index in [9.17, 15) is 14.4 Å². The van der Waals surface area contributed by atoms with Crippen molar-refractivity contribution in [2.24, 2.45) is 0 Å². The Labute approximate surface area is 161 Å². The lowest BCUT2D eigenvalue weighted by molar-refractivity contribution is -0.123. The van der Waals surface area contributed by atoms with Gasteiger partial charge in [-0.3, -0.25) is 10.1 Å². The smallest absolute Gasteiger partial charge is 0.338 e. The van der Waals surface area contributed by atoms with Gasteiger partial charge in [-0.25, -0.2) is 9.59 Å². The lowest BCUT2D eigenvalue weighted by Crippen LogP contribution is -2.41. The van der Waals surface area contributed by atoms with E-state index in [-0.39, 0.29) is 6.54 Å². The number of carbonyl (C=O) groups is 3. The van der Waals surface area contributed by atoms with Crippen molar-refractivity contribution < 1.29 is 19.1 Å². The summed E-state index contributed by atoms with van der Waals surface area (Å²) in [6.07, 6.45) is 3.78. The normalized spacial score (nSPS) is 10.1. The summed E-state index contributed by atoms with van der Waals surface area (Å²) >= 11 is 0. The maximum atomic E-state index is 12.0. The van der Waals surface area contributed by atoms with E-state index in [1.165, 1.54) is 0 Å². The van der Waals surface area contributed by atoms with E-state index in [1.54, 1.807) is 24.3 Å². The molecule has 3 aromatic rings. The van der Waals surface area contributed by atoms with E-state index in [1.807, 2.05) is 59.4 Å². The number of urea groups is 1. The molecule has 1 heterocycles. The summed E-state index contributed by atoms with van der Waals surface area (Å²) in [5, 5.41) is 4.67. The van der Waals surface area contributed by atoms with Gasteiger partial charge in [0.2, 0.25) is 0 Å². The molecule has 0 atom stereocenters. The number of aromatic nitrogens is 1. The second kappa shape index (κ2) is 9.18. The molecule has 28 heavy (non-hydrogen) atoms. The first-order valence-corrected chi connectivity index (χ1v) is 8.64. The van der Waals surface area contributed by atoms with Gasteiger partial charge < -0.3 is 14.6 Å². The molecular weight excluding hydrogens is 358 g/mol. The van der Waals surface area contributed by atoms with Gasteiger partial charge in [-0.2, -0.15) is 0 Å². The summed E-state index contributed by atoms with van der Waals surface area (Å²) < 4.78 is 6.85. The van der Waals surface area contributed by atoms with E-state index in [0.29, 0.717) is 5.56 Å². The van der Waals surface area contributed by atoms with E-state index < -0.39 is 24.5 Å². The fourth-order valence-electron chi connectivity index (χ4n) is 2.48. The number of imide groups is 1. The number of rotatable bonds is 6. The van der Waals surface area contributed by atoms with Crippen molar-refractivity contribution in [3.63, 3.8) is 0 Å². The van der Waals surface area contributed by atoms with Gasteiger partial charge in [-0.05, 0) is 42.0 Å². The molecule has 0 radical (unpaired) electrons. The molecule has 0 unspecified atom stereocenters. The quantitative estimate of drug-likeness (QED) is 0.647. The predicted molar refractivity (Wildman–Crippen MR) is 103 cm³/mol. The predicted octanol–water partition coefficient (Wildman–Crippen LogP) is 2.66. The highest BCUT2D eigenvalue weighted by Gasteiger charge is 2.12. The van der Waals surface area contributed by atoms with Crippen LogP contribution < -0.4 is 10.6 Å². The summed E-state index contributed by atoms with van der Waals surface area (Å²) in [6, 6.07) is 19.2. The van der Waals surface area contributed by atoms with Crippen LogP contribution in [0.2, 0.25) is 0 Å². The van der Waals surface area contributed by atoms with Gasteiger partial charge in [-0.1, -0.05) is 30.3 Å². The molecule has 2 aromatic carbocycles. The Kier molecular flexibility index (Phi) is 6.20. The number of amides is 3. The molecule has 2 N–H and O–H groups in total. The van der Waals surface area contributed by atoms with Gasteiger partial charge in [0.05, 0.1) is 5.56 Å². The van der Waals surface area contributed by atoms with Crippen LogP contribution >= 0.6 is 0 Å². The largest absolute Gasteiger partial charge is 0.452 e. The first-order chi connectivity index (χ1) is 13.6. The first-order valence-electron chi connectivity index (χ1n) is 8.64.